The number of H-pyrrole nitrogens is 1. The van der Waals surface area contributed by atoms with E-state index >= 15 is 0 Å². The summed E-state index contributed by atoms with van der Waals surface area (Å²) in [4.78, 5) is 81.3. The largest absolute Gasteiger partial charge is 0.480 e. The van der Waals surface area contributed by atoms with Gasteiger partial charge in [0.2, 0.25) is 29.5 Å². The Kier molecular flexibility index (Phi) is 13.4. The van der Waals surface area contributed by atoms with Gasteiger partial charge >= 0.3 is 5.97 Å². The van der Waals surface area contributed by atoms with Crippen molar-refractivity contribution in [2.24, 2.45) is 23.3 Å². The van der Waals surface area contributed by atoms with Crippen LogP contribution < -0.4 is 32.7 Å². The molecule has 0 aliphatic heterocycles. The first-order valence-electron chi connectivity index (χ1n) is 12.2. The molecule has 39 heavy (non-hydrogen) atoms. The van der Waals surface area contributed by atoms with Crippen LogP contribution in [-0.4, -0.2) is 86.5 Å². The summed E-state index contributed by atoms with van der Waals surface area (Å²) >= 11 is 3.87. The number of carbonyl (C=O) groups excluding carboxylic acids is 5. The number of aromatic amines is 1. The van der Waals surface area contributed by atoms with Gasteiger partial charge in [0.05, 0.1) is 24.5 Å². The number of carbonyl (C=O) groups is 6. The Bertz CT molecular complexity index is 1020. The van der Waals surface area contributed by atoms with Crippen molar-refractivity contribution in [3.05, 3.63) is 18.2 Å². The van der Waals surface area contributed by atoms with Gasteiger partial charge in [0.1, 0.15) is 24.2 Å². The Morgan fingerprint density at radius 2 is 1.46 bits per heavy atom. The summed E-state index contributed by atoms with van der Waals surface area (Å²) in [5, 5.41) is 18.9. The van der Waals surface area contributed by atoms with E-state index in [9.17, 15) is 33.9 Å². The van der Waals surface area contributed by atoms with Gasteiger partial charge in [-0.2, -0.15) is 12.6 Å². The second-order valence-corrected chi connectivity index (χ2v) is 10.0. The smallest absolute Gasteiger partial charge is 0.327 e. The number of hydrogen-bond acceptors (Lipinski definition) is 9. The van der Waals surface area contributed by atoms with Crippen LogP contribution in [0.15, 0.2) is 12.5 Å². The molecule has 10 N–H and O–H groups in total. The third-order valence-electron chi connectivity index (χ3n) is 5.70. The number of thiol groups is 1. The van der Waals surface area contributed by atoms with Gasteiger partial charge in [0.25, 0.3) is 0 Å². The summed E-state index contributed by atoms with van der Waals surface area (Å²) in [6.45, 7) is 6.91. The van der Waals surface area contributed by atoms with Crippen LogP contribution >= 0.6 is 12.6 Å². The number of aliphatic carboxylic acids is 1. The minimum Gasteiger partial charge on any atom is -0.480 e. The van der Waals surface area contributed by atoms with Gasteiger partial charge in [0, 0.05) is 18.4 Å². The Morgan fingerprint density at radius 1 is 0.897 bits per heavy atom. The maximum absolute atomic E-state index is 13.3. The van der Waals surface area contributed by atoms with E-state index in [4.69, 9.17) is 11.5 Å². The van der Waals surface area contributed by atoms with Crippen LogP contribution in [0.3, 0.4) is 0 Å². The fourth-order valence-electron chi connectivity index (χ4n) is 3.31. The molecule has 1 rings (SSSR count). The molecule has 5 amide bonds. The van der Waals surface area contributed by atoms with Gasteiger partial charge in [-0.15, -0.1) is 0 Å². The van der Waals surface area contributed by atoms with Gasteiger partial charge in [0.15, 0.2) is 0 Å². The first-order valence-corrected chi connectivity index (χ1v) is 12.9. The molecule has 0 saturated heterocycles. The molecular formula is C23H38N8O7S. The van der Waals surface area contributed by atoms with Crippen molar-refractivity contribution in [3.63, 3.8) is 0 Å². The molecule has 1 aromatic rings. The van der Waals surface area contributed by atoms with Crippen LogP contribution in [0.4, 0.5) is 0 Å². The number of nitrogens with one attached hydrogen (secondary N) is 5. The summed E-state index contributed by atoms with van der Waals surface area (Å²) in [6, 6.07) is -6.14. The number of primary amides is 1. The van der Waals surface area contributed by atoms with Gasteiger partial charge in [-0.25, -0.2) is 9.78 Å². The van der Waals surface area contributed by atoms with Gasteiger partial charge in [-0.3, -0.25) is 24.0 Å². The van der Waals surface area contributed by atoms with Crippen molar-refractivity contribution in [3.8, 4) is 0 Å². The molecule has 0 aromatic carbocycles. The Labute approximate surface area is 231 Å². The van der Waals surface area contributed by atoms with E-state index < -0.39 is 72.1 Å². The highest BCUT2D eigenvalue weighted by atomic mass is 32.1. The van der Waals surface area contributed by atoms with E-state index in [0.29, 0.717) is 5.69 Å². The average Bonchev–Trinajstić information content (AvgIpc) is 3.36. The second kappa shape index (κ2) is 15.7. The molecule has 0 bridgehead atoms. The number of aromatic nitrogens is 2. The quantitative estimate of drug-likeness (QED) is 0.0945. The highest BCUT2D eigenvalue weighted by Gasteiger charge is 2.33. The van der Waals surface area contributed by atoms with Crippen LogP contribution in [0.1, 0.15) is 39.8 Å². The van der Waals surface area contributed by atoms with Crippen LogP contribution in [0.25, 0.3) is 0 Å². The monoisotopic (exact) mass is 570 g/mol. The zero-order chi connectivity index (χ0) is 29.9. The molecule has 16 heteroatoms. The molecule has 5 atom stereocenters. The van der Waals surface area contributed by atoms with Crippen molar-refractivity contribution in [1.29, 1.82) is 0 Å². The number of imidazole rings is 1. The molecule has 0 spiro atoms. The van der Waals surface area contributed by atoms with Gasteiger partial charge in [-0.05, 0) is 11.8 Å². The van der Waals surface area contributed by atoms with E-state index in [1.54, 1.807) is 27.7 Å². The van der Waals surface area contributed by atoms with E-state index in [1.807, 2.05) is 0 Å². The second-order valence-electron chi connectivity index (χ2n) is 9.64. The van der Waals surface area contributed by atoms with Gasteiger partial charge < -0.3 is 42.8 Å². The highest BCUT2D eigenvalue weighted by molar-refractivity contribution is 7.80. The third kappa shape index (κ3) is 10.9. The van der Waals surface area contributed by atoms with E-state index in [0.717, 1.165) is 0 Å². The molecule has 0 aliphatic carbocycles. The average molecular weight is 571 g/mol. The van der Waals surface area contributed by atoms with Crippen molar-refractivity contribution >= 4 is 48.1 Å². The lowest BCUT2D eigenvalue weighted by molar-refractivity contribution is -0.141. The van der Waals surface area contributed by atoms with Crippen molar-refractivity contribution in [2.45, 2.75) is 70.7 Å². The highest BCUT2D eigenvalue weighted by Crippen LogP contribution is 2.08. The summed E-state index contributed by atoms with van der Waals surface area (Å²) in [6.07, 6.45) is 2.10. The Balaban J connectivity index is 3.18. The zero-order valence-electron chi connectivity index (χ0n) is 22.3. The maximum Gasteiger partial charge on any atom is 0.327 e. The predicted molar refractivity (Wildman–Crippen MR) is 143 cm³/mol. The van der Waals surface area contributed by atoms with Gasteiger partial charge in [-0.1, -0.05) is 27.7 Å². The lowest BCUT2D eigenvalue weighted by atomic mass is 9.99. The number of rotatable bonds is 16. The fraction of sp³-hybridized carbons (Fsp3) is 0.609. The molecule has 0 saturated carbocycles. The van der Waals surface area contributed by atoms with Crippen LogP contribution in [-0.2, 0) is 35.2 Å². The summed E-state index contributed by atoms with van der Waals surface area (Å²) < 4.78 is 0. The Hall–Kier alpha value is -3.66. The first-order chi connectivity index (χ1) is 18.2. The molecule has 1 heterocycles. The number of nitrogens with zero attached hydrogens (tertiary/aromatic N) is 1. The number of hydrogen-bond donors (Lipinski definition) is 9. The molecule has 15 nitrogen and oxygen atoms in total. The normalized spacial score (nSPS) is 15.0. The van der Waals surface area contributed by atoms with Crippen LogP contribution in [0, 0.1) is 11.8 Å². The zero-order valence-corrected chi connectivity index (χ0v) is 23.2. The topological polar surface area (TPSA) is 251 Å². The Morgan fingerprint density at radius 3 is 1.92 bits per heavy atom. The first kappa shape index (κ1) is 33.4. The molecule has 1 aromatic heterocycles. The molecular weight excluding hydrogens is 532 g/mol. The predicted octanol–water partition coefficient (Wildman–Crippen LogP) is -2.58. The van der Waals surface area contributed by atoms with E-state index in [-0.39, 0.29) is 24.0 Å². The SMILES string of the molecule is CC(C)[C@H](N)C(=O)N[C@H](C(=O)N[C@@H](Cc1c[nH]cn1)C(=O)N[C@@H](CC(N)=O)C(=O)N[C@@H](CS)C(=O)O)C(C)C. The van der Waals surface area contributed by atoms with Crippen molar-refractivity contribution in [1.82, 2.24) is 31.2 Å². The number of nitrogens with two attached hydrogens (primary N) is 2. The number of amides is 5. The van der Waals surface area contributed by atoms with Crippen LogP contribution in [0.5, 0.6) is 0 Å². The van der Waals surface area contributed by atoms with Crippen molar-refractivity contribution in [2.75, 3.05) is 5.75 Å². The van der Waals surface area contributed by atoms with Crippen molar-refractivity contribution < 1.29 is 33.9 Å². The summed E-state index contributed by atoms with van der Waals surface area (Å²) in [5.74, 6) is -6.22. The van der Waals surface area contributed by atoms with E-state index in [1.165, 1.54) is 12.5 Å². The summed E-state index contributed by atoms with van der Waals surface area (Å²) in [5.41, 5.74) is 11.5. The lowest BCUT2D eigenvalue weighted by Crippen LogP contribution is -2.60. The lowest BCUT2D eigenvalue weighted by Gasteiger charge is -2.27. The minimum atomic E-state index is -1.54. The van der Waals surface area contributed by atoms with Crippen LogP contribution in [0.2, 0.25) is 0 Å². The molecule has 0 fully saturated rings. The minimum absolute atomic E-state index is 0.120. The maximum atomic E-state index is 13.3. The fourth-order valence-corrected chi connectivity index (χ4v) is 3.56. The number of carboxylic acid groups (broad SMARTS) is 1. The molecule has 218 valence electrons. The molecule has 0 unspecified atom stereocenters. The molecule has 0 aliphatic rings. The third-order valence-corrected chi connectivity index (χ3v) is 6.07. The van der Waals surface area contributed by atoms with E-state index in [2.05, 4.69) is 43.9 Å². The summed E-state index contributed by atoms with van der Waals surface area (Å²) in [7, 11) is 0. The molecule has 0 radical (unpaired) electrons. The number of carboxylic acids is 1. The standard InChI is InChI=1S/C23H38N8O7S/c1-10(2)17(25)21(35)31-18(11(3)4)22(36)29-13(5-12-7-26-9-27-12)19(33)28-14(6-16(24)32)20(34)30-15(8-39)23(37)38/h7,9-11,13-15,17-18,39H,5-6,8,25H2,1-4H3,(H2,24,32)(H,26,27)(H,28,33)(H,29,36)(H,30,34)(H,31,35)(H,37,38)/t13-,14-,15-,17-,18-/m0/s1.